The smallest absolute Gasteiger partial charge is 0.259 e. The van der Waals surface area contributed by atoms with E-state index in [2.05, 4.69) is 4.72 Å². The number of benzene rings is 2. The molecule has 1 atom stereocenters. The second-order valence-corrected chi connectivity index (χ2v) is 3.89. The molecule has 0 radical (unpaired) electrons. The van der Waals surface area contributed by atoms with E-state index in [4.69, 9.17) is 4.55 Å². The number of phenolic OH excluding ortho intramolecular Hbond substituents is 2. The fourth-order valence-electron chi connectivity index (χ4n) is 1.52. The van der Waals surface area contributed by atoms with Crippen molar-refractivity contribution in [1.82, 2.24) is 0 Å². The Bertz CT molecular complexity index is 570. The zero-order valence-electron chi connectivity index (χ0n) is 8.04. The molecular formula is C10H9NO4S. The van der Waals surface area contributed by atoms with Gasteiger partial charge < -0.3 is 10.2 Å². The number of nitrogens with one attached hydrogen (secondary N) is 1. The molecule has 16 heavy (non-hydrogen) atoms. The first-order valence-electron chi connectivity index (χ1n) is 4.41. The molecule has 0 amide bonds. The summed E-state index contributed by atoms with van der Waals surface area (Å²) in [6.45, 7) is 0. The van der Waals surface area contributed by atoms with Crippen LogP contribution in [0.4, 0.5) is 5.69 Å². The van der Waals surface area contributed by atoms with E-state index < -0.39 is 11.3 Å². The van der Waals surface area contributed by atoms with Crippen LogP contribution in [0.5, 0.6) is 11.5 Å². The number of phenols is 2. The third-order valence-corrected chi connectivity index (χ3v) is 2.59. The van der Waals surface area contributed by atoms with Crippen molar-refractivity contribution in [2.75, 3.05) is 4.72 Å². The van der Waals surface area contributed by atoms with Crippen LogP contribution in [0.15, 0.2) is 30.3 Å². The van der Waals surface area contributed by atoms with Crippen LogP contribution >= 0.6 is 0 Å². The normalized spacial score (nSPS) is 12.6. The summed E-state index contributed by atoms with van der Waals surface area (Å²) in [5, 5.41) is 20.3. The molecule has 1 unspecified atom stereocenters. The molecule has 0 aromatic heterocycles. The van der Waals surface area contributed by atoms with Crippen molar-refractivity contribution in [2.24, 2.45) is 0 Å². The first-order chi connectivity index (χ1) is 7.59. The van der Waals surface area contributed by atoms with E-state index in [0.29, 0.717) is 5.39 Å². The van der Waals surface area contributed by atoms with Gasteiger partial charge in [-0.25, -0.2) is 4.21 Å². The molecule has 0 saturated carbocycles. The Morgan fingerprint density at radius 3 is 2.56 bits per heavy atom. The Hall–Kier alpha value is -1.79. The number of hydrogen-bond acceptors (Lipinski definition) is 3. The molecule has 0 heterocycles. The third kappa shape index (κ3) is 1.80. The molecule has 0 aliphatic carbocycles. The Kier molecular flexibility index (Phi) is 2.67. The maximum absolute atomic E-state index is 10.6. The average Bonchev–Trinajstić information content (AvgIpc) is 2.22. The van der Waals surface area contributed by atoms with Gasteiger partial charge in [0.1, 0.15) is 5.75 Å². The summed E-state index contributed by atoms with van der Waals surface area (Å²) in [5.74, 6) is -0.333. The van der Waals surface area contributed by atoms with Crippen molar-refractivity contribution in [1.29, 1.82) is 0 Å². The molecule has 2 rings (SSSR count). The quantitative estimate of drug-likeness (QED) is 0.475. The summed E-state index contributed by atoms with van der Waals surface area (Å²) in [6.07, 6.45) is 0. The monoisotopic (exact) mass is 239 g/mol. The van der Waals surface area contributed by atoms with E-state index in [-0.39, 0.29) is 22.6 Å². The maximum Gasteiger partial charge on any atom is 0.259 e. The van der Waals surface area contributed by atoms with E-state index in [9.17, 15) is 14.4 Å². The first kappa shape index (κ1) is 10.7. The van der Waals surface area contributed by atoms with Gasteiger partial charge in [-0.15, -0.1) is 0 Å². The summed E-state index contributed by atoms with van der Waals surface area (Å²) in [6, 6.07) is 7.89. The Morgan fingerprint density at radius 1 is 1.12 bits per heavy atom. The van der Waals surface area contributed by atoms with Gasteiger partial charge in [-0.2, -0.15) is 0 Å². The Morgan fingerprint density at radius 2 is 1.88 bits per heavy atom. The van der Waals surface area contributed by atoms with Crippen LogP contribution in [0.25, 0.3) is 10.8 Å². The number of aromatic hydroxyl groups is 2. The highest BCUT2D eigenvalue weighted by Crippen LogP contribution is 2.37. The summed E-state index contributed by atoms with van der Waals surface area (Å²) >= 11 is -2.27. The fourth-order valence-corrected chi connectivity index (χ4v) is 1.87. The minimum absolute atomic E-state index is 0.0811. The molecule has 5 nitrogen and oxygen atoms in total. The van der Waals surface area contributed by atoms with E-state index in [0.717, 1.165) is 0 Å². The molecule has 0 aliphatic heterocycles. The zero-order valence-corrected chi connectivity index (χ0v) is 8.86. The number of hydrogen-bond donors (Lipinski definition) is 4. The first-order valence-corrected chi connectivity index (χ1v) is 5.51. The van der Waals surface area contributed by atoms with Crippen LogP contribution in [0.2, 0.25) is 0 Å². The van der Waals surface area contributed by atoms with Gasteiger partial charge in [0.2, 0.25) is 0 Å². The topological polar surface area (TPSA) is 89.8 Å². The van der Waals surface area contributed by atoms with E-state index in [1.165, 1.54) is 12.1 Å². The van der Waals surface area contributed by atoms with Gasteiger partial charge in [0.05, 0.1) is 11.1 Å². The lowest BCUT2D eigenvalue weighted by atomic mass is 10.1. The average molecular weight is 239 g/mol. The highest BCUT2D eigenvalue weighted by molar-refractivity contribution is 7.80. The van der Waals surface area contributed by atoms with Crippen LogP contribution in [0.3, 0.4) is 0 Å². The van der Waals surface area contributed by atoms with E-state index >= 15 is 0 Å². The van der Waals surface area contributed by atoms with Gasteiger partial charge in [0.25, 0.3) is 11.3 Å². The molecule has 6 heteroatoms. The molecule has 0 spiro atoms. The van der Waals surface area contributed by atoms with E-state index in [1.54, 1.807) is 18.2 Å². The molecule has 0 saturated heterocycles. The van der Waals surface area contributed by atoms with Crippen molar-refractivity contribution >= 4 is 27.7 Å². The van der Waals surface area contributed by atoms with Crippen molar-refractivity contribution in [2.45, 2.75) is 0 Å². The minimum atomic E-state index is -2.27. The molecule has 4 N–H and O–H groups in total. The SMILES string of the molecule is O=S(O)Nc1ccc2cccc(O)c2c1O. The van der Waals surface area contributed by atoms with Crippen molar-refractivity contribution in [3.05, 3.63) is 30.3 Å². The minimum Gasteiger partial charge on any atom is -0.507 e. The van der Waals surface area contributed by atoms with Gasteiger partial charge in [-0.05, 0) is 17.5 Å². The predicted octanol–water partition coefficient (Wildman–Crippen LogP) is 1.80. The third-order valence-electron chi connectivity index (χ3n) is 2.19. The van der Waals surface area contributed by atoms with Crippen LogP contribution in [-0.2, 0) is 11.3 Å². The molecular weight excluding hydrogens is 230 g/mol. The van der Waals surface area contributed by atoms with Crippen molar-refractivity contribution < 1.29 is 19.0 Å². The summed E-state index contributed by atoms with van der Waals surface area (Å²) in [7, 11) is 0. The molecule has 0 aliphatic rings. The van der Waals surface area contributed by atoms with Gasteiger partial charge in [0, 0.05) is 0 Å². The molecule has 0 fully saturated rings. The van der Waals surface area contributed by atoms with Gasteiger partial charge in [-0.1, -0.05) is 18.2 Å². The lowest BCUT2D eigenvalue weighted by molar-refractivity contribution is 0.465. The highest BCUT2D eigenvalue weighted by Gasteiger charge is 2.10. The number of anilines is 1. The predicted molar refractivity (Wildman–Crippen MR) is 61.7 cm³/mol. The molecule has 84 valence electrons. The second kappa shape index (κ2) is 3.99. The number of fused-ring (bicyclic) bond motifs is 1. The Balaban J connectivity index is 2.68. The largest absolute Gasteiger partial charge is 0.507 e. The van der Waals surface area contributed by atoms with Crippen LogP contribution in [0, 0.1) is 0 Å². The van der Waals surface area contributed by atoms with Gasteiger partial charge >= 0.3 is 0 Å². The van der Waals surface area contributed by atoms with Gasteiger partial charge in [-0.3, -0.25) is 9.27 Å². The van der Waals surface area contributed by atoms with Crippen molar-refractivity contribution in [3.63, 3.8) is 0 Å². The standard InChI is InChI=1S/C10H9NO4S/c12-8-3-1-2-6-4-5-7(11-16(14)15)10(13)9(6)8/h1-5,11-13H,(H,14,15). The summed E-state index contributed by atoms with van der Waals surface area (Å²) in [5.41, 5.74) is 0.0924. The van der Waals surface area contributed by atoms with Crippen LogP contribution in [0.1, 0.15) is 0 Å². The number of rotatable bonds is 2. The Labute approximate surface area is 93.8 Å². The van der Waals surface area contributed by atoms with E-state index in [1.807, 2.05) is 0 Å². The zero-order chi connectivity index (χ0) is 11.7. The molecule has 2 aromatic rings. The molecule has 2 aromatic carbocycles. The second-order valence-electron chi connectivity index (χ2n) is 3.19. The van der Waals surface area contributed by atoms with Gasteiger partial charge in [0.15, 0.2) is 5.75 Å². The lowest BCUT2D eigenvalue weighted by Gasteiger charge is -2.08. The molecule has 0 bridgehead atoms. The van der Waals surface area contributed by atoms with Crippen molar-refractivity contribution in [3.8, 4) is 11.5 Å². The lowest BCUT2D eigenvalue weighted by Crippen LogP contribution is -2.01. The summed E-state index contributed by atoms with van der Waals surface area (Å²) in [4.78, 5) is 0. The van der Waals surface area contributed by atoms with Crippen LogP contribution in [-0.4, -0.2) is 19.0 Å². The summed E-state index contributed by atoms with van der Waals surface area (Å²) < 4.78 is 21.4. The fraction of sp³-hybridized carbons (Fsp3) is 0. The van der Waals surface area contributed by atoms with Crippen LogP contribution < -0.4 is 4.72 Å². The highest BCUT2D eigenvalue weighted by atomic mass is 32.2. The maximum atomic E-state index is 10.6.